The molecule has 0 fully saturated rings. The molecular weight excluding hydrogens is 316 g/mol. The first kappa shape index (κ1) is 16.5. The SMILES string of the molecule is Cc1ccc(C(=O)/C=C/c2ccc(-c3ccccc3C(=O)O)o2)cc1. The van der Waals surface area contributed by atoms with Gasteiger partial charge in [0.15, 0.2) is 5.78 Å². The number of benzene rings is 2. The molecule has 25 heavy (non-hydrogen) atoms. The van der Waals surface area contributed by atoms with E-state index in [-0.39, 0.29) is 11.3 Å². The smallest absolute Gasteiger partial charge is 0.336 e. The summed E-state index contributed by atoms with van der Waals surface area (Å²) in [7, 11) is 0. The molecule has 0 unspecified atom stereocenters. The number of hydrogen-bond donors (Lipinski definition) is 1. The van der Waals surface area contributed by atoms with Crippen LogP contribution in [0.5, 0.6) is 0 Å². The second-order valence-electron chi connectivity index (χ2n) is 5.62. The van der Waals surface area contributed by atoms with E-state index in [1.54, 1.807) is 48.5 Å². The quantitative estimate of drug-likeness (QED) is 0.536. The molecule has 1 N–H and O–H groups in total. The van der Waals surface area contributed by atoms with Gasteiger partial charge < -0.3 is 9.52 Å². The zero-order chi connectivity index (χ0) is 17.8. The third-order valence-corrected chi connectivity index (χ3v) is 3.78. The fraction of sp³-hybridized carbons (Fsp3) is 0.0476. The maximum atomic E-state index is 12.1. The number of aryl methyl sites for hydroxylation is 1. The molecular formula is C21H16O4. The molecule has 0 saturated carbocycles. The monoisotopic (exact) mass is 332 g/mol. The molecule has 2 aromatic carbocycles. The van der Waals surface area contributed by atoms with Crippen LogP contribution in [-0.4, -0.2) is 16.9 Å². The summed E-state index contributed by atoms with van der Waals surface area (Å²) in [5, 5.41) is 9.26. The summed E-state index contributed by atoms with van der Waals surface area (Å²) in [6, 6.07) is 17.3. The number of allylic oxidation sites excluding steroid dienone is 1. The third kappa shape index (κ3) is 3.75. The van der Waals surface area contributed by atoms with E-state index in [9.17, 15) is 14.7 Å². The van der Waals surface area contributed by atoms with Crippen molar-refractivity contribution in [3.05, 3.63) is 89.2 Å². The number of aromatic carboxylic acids is 1. The number of carboxylic acids is 1. The lowest BCUT2D eigenvalue weighted by Crippen LogP contribution is -1.98. The highest BCUT2D eigenvalue weighted by Crippen LogP contribution is 2.26. The van der Waals surface area contributed by atoms with Crippen LogP contribution in [0.4, 0.5) is 0 Å². The average Bonchev–Trinajstić information content (AvgIpc) is 3.09. The van der Waals surface area contributed by atoms with Crippen molar-refractivity contribution in [3.8, 4) is 11.3 Å². The van der Waals surface area contributed by atoms with Gasteiger partial charge in [0.2, 0.25) is 0 Å². The number of ketones is 1. The van der Waals surface area contributed by atoms with Gasteiger partial charge in [-0.25, -0.2) is 4.79 Å². The normalized spacial score (nSPS) is 10.9. The lowest BCUT2D eigenvalue weighted by atomic mass is 10.1. The van der Waals surface area contributed by atoms with Gasteiger partial charge in [0.1, 0.15) is 11.5 Å². The predicted molar refractivity (Wildman–Crippen MR) is 95.6 cm³/mol. The summed E-state index contributed by atoms with van der Waals surface area (Å²) in [5.41, 5.74) is 2.36. The Bertz CT molecular complexity index is 946. The molecule has 0 aliphatic rings. The van der Waals surface area contributed by atoms with Gasteiger partial charge in [-0.05, 0) is 37.3 Å². The molecule has 3 rings (SSSR count). The van der Waals surface area contributed by atoms with Gasteiger partial charge in [-0.3, -0.25) is 4.79 Å². The van der Waals surface area contributed by atoms with Crippen LogP contribution in [0.3, 0.4) is 0 Å². The second-order valence-corrected chi connectivity index (χ2v) is 5.62. The van der Waals surface area contributed by atoms with Gasteiger partial charge in [-0.15, -0.1) is 0 Å². The van der Waals surface area contributed by atoms with Crippen molar-refractivity contribution in [1.29, 1.82) is 0 Å². The fourth-order valence-electron chi connectivity index (χ4n) is 2.44. The second kappa shape index (κ2) is 7.01. The van der Waals surface area contributed by atoms with Gasteiger partial charge in [0.05, 0.1) is 5.56 Å². The molecule has 1 heterocycles. The Balaban J connectivity index is 1.81. The fourth-order valence-corrected chi connectivity index (χ4v) is 2.44. The standard InChI is InChI=1S/C21H16O4/c1-14-6-8-15(9-7-14)19(22)12-10-16-11-13-20(25-16)17-4-2-3-5-18(17)21(23)24/h2-13H,1H3,(H,23,24)/b12-10+. The van der Waals surface area contributed by atoms with Crippen LogP contribution in [0.1, 0.15) is 32.0 Å². The average molecular weight is 332 g/mol. The largest absolute Gasteiger partial charge is 0.478 e. The lowest BCUT2D eigenvalue weighted by Gasteiger charge is -2.01. The Morgan fingerprint density at radius 1 is 0.960 bits per heavy atom. The predicted octanol–water partition coefficient (Wildman–Crippen LogP) is 4.85. The van der Waals surface area contributed by atoms with Crippen molar-refractivity contribution in [2.24, 2.45) is 0 Å². The minimum absolute atomic E-state index is 0.121. The van der Waals surface area contributed by atoms with Crippen LogP contribution >= 0.6 is 0 Å². The molecule has 124 valence electrons. The van der Waals surface area contributed by atoms with E-state index in [0.717, 1.165) is 5.56 Å². The summed E-state index contributed by atoms with van der Waals surface area (Å²) < 4.78 is 5.66. The summed E-state index contributed by atoms with van der Waals surface area (Å²) in [4.78, 5) is 23.4. The van der Waals surface area contributed by atoms with Crippen LogP contribution in [-0.2, 0) is 0 Å². The molecule has 0 amide bonds. The van der Waals surface area contributed by atoms with Crippen molar-refractivity contribution in [1.82, 2.24) is 0 Å². The summed E-state index contributed by atoms with van der Waals surface area (Å²) in [5.74, 6) is -0.210. The molecule has 0 spiro atoms. The number of furan rings is 1. The Morgan fingerprint density at radius 2 is 1.68 bits per heavy atom. The Kier molecular flexibility index (Phi) is 4.61. The van der Waals surface area contributed by atoms with E-state index in [1.807, 2.05) is 19.1 Å². The van der Waals surface area contributed by atoms with E-state index >= 15 is 0 Å². The van der Waals surface area contributed by atoms with Gasteiger partial charge in [0.25, 0.3) is 0 Å². The Hall–Kier alpha value is -3.40. The van der Waals surface area contributed by atoms with Crippen molar-refractivity contribution >= 4 is 17.8 Å². The van der Waals surface area contributed by atoms with E-state index in [1.165, 1.54) is 12.1 Å². The Labute approximate surface area is 145 Å². The molecule has 1 aromatic heterocycles. The molecule has 0 atom stereocenters. The third-order valence-electron chi connectivity index (χ3n) is 3.78. The van der Waals surface area contributed by atoms with Gasteiger partial charge in [-0.2, -0.15) is 0 Å². The van der Waals surface area contributed by atoms with E-state index < -0.39 is 5.97 Å². The number of hydrogen-bond acceptors (Lipinski definition) is 3. The van der Waals surface area contributed by atoms with Gasteiger partial charge >= 0.3 is 5.97 Å². The number of carbonyl (C=O) groups is 2. The minimum atomic E-state index is -1.02. The summed E-state index contributed by atoms with van der Waals surface area (Å²) in [6.45, 7) is 1.96. The van der Waals surface area contributed by atoms with Crippen LogP contribution in [0.2, 0.25) is 0 Å². The lowest BCUT2D eigenvalue weighted by molar-refractivity contribution is 0.0697. The van der Waals surface area contributed by atoms with Crippen LogP contribution < -0.4 is 0 Å². The van der Waals surface area contributed by atoms with E-state index in [4.69, 9.17) is 4.42 Å². The van der Waals surface area contributed by atoms with Crippen LogP contribution in [0.25, 0.3) is 17.4 Å². The Morgan fingerprint density at radius 3 is 2.40 bits per heavy atom. The molecule has 0 radical (unpaired) electrons. The minimum Gasteiger partial charge on any atom is -0.478 e. The highest BCUT2D eigenvalue weighted by atomic mass is 16.4. The molecule has 0 aliphatic carbocycles. The highest BCUT2D eigenvalue weighted by molar-refractivity contribution is 6.06. The van der Waals surface area contributed by atoms with Crippen molar-refractivity contribution in [3.63, 3.8) is 0 Å². The molecule has 0 aliphatic heterocycles. The topological polar surface area (TPSA) is 67.5 Å². The summed E-state index contributed by atoms with van der Waals surface area (Å²) >= 11 is 0. The van der Waals surface area contributed by atoms with Crippen LogP contribution in [0, 0.1) is 6.92 Å². The maximum absolute atomic E-state index is 12.1. The number of rotatable bonds is 5. The first-order valence-electron chi connectivity index (χ1n) is 7.76. The van der Waals surface area contributed by atoms with Crippen LogP contribution in [0.15, 0.2) is 71.2 Å². The van der Waals surface area contributed by atoms with Gasteiger partial charge in [-0.1, -0.05) is 48.0 Å². The highest BCUT2D eigenvalue weighted by Gasteiger charge is 2.13. The first-order chi connectivity index (χ1) is 12.0. The van der Waals surface area contributed by atoms with Gasteiger partial charge in [0, 0.05) is 11.1 Å². The molecule has 0 bridgehead atoms. The summed E-state index contributed by atoms with van der Waals surface area (Å²) in [6.07, 6.45) is 3.02. The van der Waals surface area contributed by atoms with E-state index in [2.05, 4.69) is 0 Å². The number of carbonyl (C=O) groups excluding carboxylic acids is 1. The van der Waals surface area contributed by atoms with Crippen molar-refractivity contribution in [2.75, 3.05) is 0 Å². The van der Waals surface area contributed by atoms with Crippen molar-refractivity contribution in [2.45, 2.75) is 6.92 Å². The first-order valence-corrected chi connectivity index (χ1v) is 7.76. The molecule has 4 heteroatoms. The molecule has 0 saturated heterocycles. The zero-order valence-electron chi connectivity index (χ0n) is 13.6. The number of carboxylic acid groups (broad SMARTS) is 1. The van der Waals surface area contributed by atoms with E-state index in [0.29, 0.717) is 22.6 Å². The molecule has 3 aromatic rings. The maximum Gasteiger partial charge on any atom is 0.336 e. The zero-order valence-corrected chi connectivity index (χ0v) is 13.6. The van der Waals surface area contributed by atoms with Crippen molar-refractivity contribution < 1.29 is 19.1 Å². The molecule has 4 nitrogen and oxygen atoms in total.